The van der Waals surface area contributed by atoms with Crippen LogP contribution < -0.4 is 5.73 Å². The molecular formula is C15H17F2NO. The van der Waals surface area contributed by atoms with E-state index in [1.807, 2.05) is 0 Å². The number of hydrogen-bond acceptors (Lipinski definition) is 2. The minimum atomic E-state index is -0.775. The first-order valence-electron chi connectivity index (χ1n) is 6.75. The summed E-state index contributed by atoms with van der Waals surface area (Å²) in [4.78, 5) is 12.5. The quantitative estimate of drug-likeness (QED) is 0.836. The van der Waals surface area contributed by atoms with Crippen molar-refractivity contribution < 1.29 is 13.6 Å². The molecule has 1 aromatic rings. The Hall–Kier alpha value is -1.29. The highest BCUT2D eigenvalue weighted by atomic mass is 19.1. The van der Waals surface area contributed by atoms with E-state index in [1.54, 1.807) is 0 Å². The zero-order chi connectivity index (χ0) is 13.7. The van der Waals surface area contributed by atoms with Crippen LogP contribution in [0, 0.1) is 36.3 Å². The summed E-state index contributed by atoms with van der Waals surface area (Å²) in [6, 6.07) is 2.26. The van der Waals surface area contributed by atoms with Crippen molar-refractivity contribution in [3.63, 3.8) is 0 Å². The molecule has 4 atom stereocenters. The second-order valence-electron chi connectivity index (χ2n) is 5.85. The monoisotopic (exact) mass is 265 g/mol. The lowest BCUT2D eigenvalue weighted by Gasteiger charge is -2.27. The second-order valence-corrected chi connectivity index (χ2v) is 5.85. The van der Waals surface area contributed by atoms with Crippen LogP contribution in [0.3, 0.4) is 0 Å². The van der Waals surface area contributed by atoms with E-state index >= 15 is 0 Å². The van der Waals surface area contributed by atoms with Gasteiger partial charge in [0.1, 0.15) is 11.6 Å². The predicted octanol–water partition coefficient (Wildman–Crippen LogP) is 2.83. The van der Waals surface area contributed by atoms with Crippen LogP contribution in [0.2, 0.25) is 0 Å². The lowest BCUT2D eigenvalue weighted by atomic mass is 9.79. The average Bonchev–Trinajstić information content (AvgIpc) is 2.94. The summed E-state index contributed by atoms with van der Waals surface area (Å²) in [6.07, 6.45) is 2.91. The van der Waals surface area contributed by atoms with Crippen LogP contribution in [0.25, 0.3) is 0 Å². The number of aryl methyl sites for hydroxylation is 1. The summed E-state index contributed by atoms with van der Waals surface area (Å²) >= 11 is 0. The fraction of sp³-hybridized carbons (Fsp3) is 0.533. The van der Waals surface area contributed by atoms with Crippen molar-refractivity contribution in [3.8, 4) is 0 Å². The van der Waals surface area contributed by atoms with Crippen LogP contribution in [0.15, 0.2) is 12.1 Å². The summed E-state index contributed by atoms with van der Waals surface area (Å²) in [6.45, 7) is 1.53. The van der Waals surface area contributed by atoms with Crippen molar-refractivity contribution >= 4 is 5.78 Å². The van der Waals surface area contributed by atoms with Gasteiger partial charge in [0.15, 0.2) is 5.78 Å². The molecule has 0 saturated heterocycles. The van der Waals surface area contributed by atoms with Gasteiger partial charge in [0.2, 0.25) is 0 Å². The van der Waals surface area contributed by atoms with E-state index in [0.717, 1.165) is 25.3 Å². The Morgan fingerprint density at radius 1 is 1.26 bits per heavy atom. The molecule has 4 unspecified atom stereocenters. The maximum atomic E-state index is 14.0. The molecule has 0 amide bonds. The third kappa shape index (κ3) is 1.81. The number of carbonyl (C=O) groups excluding carboxylic acids is 1. The minimum absolute atomic E-state index is 0.201. The first kappa shape index (κ1) is 12.7. The number of benzene rings is 1. The molecule has 4 heteroatoms. The predicted molar refractivity (Wildman–Crippen MR) is 67.7 cm³/mol. The molecule has 0 radical (unpaired) electrons. The Labute approximate surface area is 111 Å². The van der Waals surface area contributed by atoms with Gasteiger partial charge < -0.3 is 5.73 Å². The maximum absolute atomic E-state index is 14.0. The molecule has 3 rings (SSSR count). The van der Waals surface area contributed by atoms with Gasteiger partial charge in [0.05, 0.1) is 5.56 Å². The third-order valence-corrected chi connectivity index (χ3v) is 4.81. The number of hydrogen-bond donors (Lipinski definition) is 1. The highest BCUT2D eigenvalue weighted by Gasteiger charge is 2.49. The molecule has 2 fully saturated rings. The molecule has 0 aromatic heterocycles. The molecule has 2 bridgehead atoms. The summed E-state index contributed by atoms with van der Waals surface area (Å²) in [7, 11) is 0. The zero-order valence-electron chi connectivity index (χ0n) is 10.8. The van der Waals surface area contributed by atoms with Gasteiger partial charge >= 0.3 is 0 Å². The average molecular weight is 265 g/mol. The summed E-state index contributed by atoms with van der Waals surface area (Å²) in [5, 5.41) is 0. The van der Waals surface area contributed by atoms with Gasteiger partial charge in [-0.3, -0.25) is 4.79 Å². The standard InChI is InChI=1S/C15H17F2NO/c1-7-2-5-10(16)12(13(7)17)15(19)11-8-3-4-9(6-8)14(11)18/h2,5,8-9,11,14H,3-4,6,18H2,1H3. The Kier molecular flexibility index (Phi) is 2.93. The van der Waals surface area contributed by atoms with Gasteiger partial charge in [-0.05, 0) is 49.7 Å². The fourth-order valence-electron chi connectivity index (χ4n) is 3.77. The van der Waals surface area contributed by atoms with Gasteiger partial charge in [0.25, 0.3) is 0 Å². The van der Waals surface area contributed by atoms with Crippen LogP contribution >= 0.6 is 0 Å². The molecule has 102 valence electrons. The second kappa shape index (κ2) is 4.37. The molecule has 2 aliphatic rings. The number of nitrogens with two attached hydrogens (primary N) is 1. The minimum Gasteiger partial charge on any atom is -0.327 e. The number of Topliss-reactive ketones (excluding diaryl/α,β-unsaturated/α-hetero) is 1. The van der Waals surface area contributed by atoms with Gasteiger partial charge in [0, 0.05) is 12.0 Å². The van der Waals surface area contributed by atoms with Crippen LogP contribution in [0.5, 0.6) is 0 Å². The number of fused-ring (bicyclic) bond motifs is 2. The van der Waals surface area contributed by atoms with E-state index < -0.39 is 28.9 Å². The van der Waals surface area contributed by atoms with Crippen molar-refractivity contribution in [1.29, 1.82) is 0 Å². The molecule has 1 aromatic carbocycles. The SMILES string of the molecule is Cc1ccc(F)c(C(=O)C2C3CCC(C3)C2N)c1F. The normalized spacial score (nSPS) is 32.8. The smallest absolute Gasteiger partial charge is 0.173 e. The van der Waals surface area contributed by atoms with Crippen molar-refractivity contribution in [3.05, 3.63) is 34.9 Å². The topological polar surface area (TPSA) is 43.1 Å². The first-order valence-corrected chi connectivity index (χ1v) is 6.75. The number of carbonyl (C=O) groups is 1. The maximum Gasteiger partial charge on any atom is 0.173 e. The fourth-order valence-corrected chi connectivity index (χ4v) is 3.77. The van der Waals surface area contributed by atoms with E-state index in [2.05, 4.69) is 0 Å². The lowest BCUT2D eigenvalue weighted by molar-refractivity contribution is 0.0847. The Morgan fingerprint density at radius 3 is 2.58 bits per heavy atom. The van der Waals surface area contributed by atoms with E-state index in [4.69, 9.17) is 5.73 Å². The van der Waals surface area contributed by atoms with E-state index in [-0.39, 0.29) is 12.0 Å². The van der Waals surface area contributed by atoms with Crippen molar-refractivity contribution in [2.45, 2.75) is 32.2 Å². The third-order valence-electron chi connectivity index (χ3n) is 4.81. The lowest BCUT2D eigenvalue weighted by Crippen LogP contribution is -2.40. The number of rotatable bonds is 2. The van der Waals surface area contributed by atoms with Crippen LogP contribution in [0.4, 0.5) is 8.78 Å². The molecular weight excluding hydrogens is 248 g/mol. The molecule has 0 heterocycles. The van der Waals surface area contributed by atoms with Crippen LogP contribution in [-0.4, -0.2) is 11.8 Å². The number of halogens is 2. The van der Waals surface area contributed by atoms with Crippen molar-refractivity contribution in [1.82, 2.24) is 0 Å². The highest BCUT2D eigenvalue weighted by Crippen LogP contribution is 2.48. The van der Waals surface area contributed by atoms with Gasteiger partial charge in [-0.1, -0.05) is 6.07 Å². The summed E-state index contributed by atoms with van der Waals surface area (Å²) in [5.41, 5.74) is 5.97. The van der Waals surface area contributed by atoms with Gasteiger partial charge in [-0.15, -0.1) is 0 Å². The van der Waals surface area contributed by atoms with E-state index in [0.29, 0.717) is 11.5 Å². The molecule has 19 heavy (non-hydrogen) atoms. The Morgan fingerprint density at radius 2 is 1.95 bits per heavy atom. The van der Waals surface area contributed by atoms with Gasteiger partial charge in [-0.25, -0.2) is 8.78 Å². The van der Waals surface area contributed by atoms with Crippen molar-refractivity contribution in [2.24, 2.45) is 23.5 Å². The largest absolute Gasteiger partial charge is 0.327 e. The van der Waals surface area contributed by atoms with Crippen LogP contribution in [-0.2, 0) is 0 Å². The highest BCUT2D eigenvalue weighted by molar-refractivity contribution is 5.99. The number of ketones is 1. The Bertz CT molecular complexity index is 541. The molecule has 2 N–H and O–H groups in total. The molecule has 2 saturated carbocycles. The molecule has 2 nitrogen and oxygen atoms in total. The first-order chi connectivity index (χ1) is 9.00. The molecule has 0 aliphatic heterocycles. The summed E-state index contributed by atoms with van der Waals surface area (Å²) in [5.74, 6) is -1.83. The van der Waals surface area contributed by atoms with E-state index in [1.165, 1.54) is 13.0 Å². The zero-order valence-corrected chi connectivity index (χ0v) is 10.8. The van der Waals surface area contributed by atoms with E-state index in [9.17, 15) is 13.6 Å². The Balaban J connectivity index is 1.99. The van der Waals surface area contributed by atoms with Crippen LogP contribution in [0.1, 0.15) is 35.2 Å². The summed E-state index contributed by atoms with van der Waals surface area (Å²) < 4.78 is 27.8. The van der Waals surface area contributed by atoms with Gasteiger partial charge in [-0.2, -0.15) is 0 Å². The molecule has 2 aliphatic carbocycles. The molecule has 0 spiro atoms. The van der Waals surface area contributed by atoms with Crippen molar-refractivity contribution in [2.75, 3.05) is 0 Å².